The van der Waals surface area contributed by atoms with Crippen LogP contribution >= 0.6 is 11.3 Å². The molecule has 2 aromatic rings. The molecule has 0 amide bonds. The second-order valence-electron chi connectivity index (χ2n) is 12.5. The number of rotatable bonds is 15. The molecule has 7 heteroatoms. The molecule has 222 valence electrons. The molecule has 1 aromatic carbocycles. The number of methoxy groups -OCH3 is 1. The number of allylic oxidation sites excluding steroid dienone is 1. The maximum atomic E-state index is 13.2. The van der Waals surface area contributed by atoms with Gasteiger partial charge in [0.25, 0.3) is 0 Å². The van der Waals surface area contributed by atoms with Gasteiger partial charge < -0.3 is 13.9 Å². The van der Waals surface area contributed by atoms with E-state index in [2.05, 4.69) is 58.8 Å². The van der Waals surface area contributed by atoms with E-state index in [4.69, 9.17) is 13.9 Å². The van der Waals surface area contributed by atoms with E-state index < -0.39 is 20.5 Å². The monoisotopic (exact) mass is 585 g/mol. The largest absolute Gasteiger partial charge is 0.455 e. The molecule has 0 N–H and O–H groups in total. The molecule has 0 aliphatic carbocycles. The second kappa shape index (κ2) is 15.8. The molecule has 40 heavy (non-hydrogen) atoms. The molecule has 0 saturated carbocycles. The van der Waals surface area contributed by atoms with Gasteiger partial charge in [-0.15, -0.1) is 11.3 Å². The van der Waals surface area contributed by atoms with Crippen molar-refractivity contribution in [3.63, 3.8) is 0 Å². The number of carbonyl (C=O) groups is 1. The first kappa shape index (κ1) is 34.1. The van der Waals surface area contributed by atoms with Crippen molar-refractivity contribution >= 4 is 31.7 Å². The number of thiazole rings is 1. The lowest BCUT2D eigenvalue weighted by molar-refractivity contribution is -0.159. The van der Waals surface area contributed by atoms with E-state index in [0.717, 1.165) is 47.7 Å². The van der Waals surface area contributed by atoms with Crippen molar-refractivity contribution < 1.29 is 18.7 Å². The van der Waals surface area contributed by atoms with Crippen LogP contribution in [0.25, 0.3) is 6.08 Å². The summed E-state index contributed by atoms with van der Waals surface area (Å²) in [6.07, 6.45) is 6.93. The minimum atomic E-state index is -1.71. The van der Waals surface area contributed by atoms with Crippen LogP contribution < -0.4 is 0 Å². The maximum absolute atomic E-state index is 13.2. The molecule has 5 nitrogen and oxygen atoms in total. The first-order valence-electron chi connectivity index (χ1n) is 14.4. The van der Waals surface area contributed by atoms with Crippen LogP contribution in [0.15, 0.2) is 52.9 Å². The third-order valence-corrected chi connectivity index (χ3v) is 13.1. The molecular weight excluding hydrogens is 535 g/mol. The van der Waals surface area contributed by atoms with Gasteiger partial charge in [-0.3, -0.25) is 0 Å². The second-order valence-corrected chi connectivity index (χ2v) is 18.4. The van der Waals surface area contributed by atoms with Gasteiger partial charge in [0.1, 0.15) is 6.10 Å². The summed E-state index contributed by atoms with van der Waals surface area (Å²) in [4.78, 5) is 17.8. The molecule has 1 heterocycles. The zero-order valence-electron chi connectivity index (χ0n) is 26.4. The first-order valence-corrected chi connectivity index (χ1v) is 18.2. The number of benzene rings is 1. The summed E-state index contributed by atoms with van der Waals surface area (Å²) in [5.74, 6) is 0.147. The third-order valence-electron chi connectivity index (χ3n) is 7.81. The molecule has 0 bridgehead atoms. The SMILES string of the molecule is COC(C(=O)OC(C/C=C(\C)CCCC(C)CO[Si](C)(C)C(C)(C)C)/C(C)=C/c1csc(C)n1)c1ccccc1. The van der Waals surface area contributed by atoms with Crippen LogP contribution in [0.3, 0.4) is 0 Å². The van der Waals surface area contributed by atoms with Crippen molar-refractivity contribution in [2.45, 2.75) is 104 Å². The van der Waals surface area contributed by atoms with Gasteiger partial charge in [-0.1, -0.05) is 69.7 Å². The Morgan fingerprint density at radius 3 is 2.40 bits per heavy atom. The number of aromatic nitrogens is 1. The van der Waals surface area contributed by atoms with Crippen molar-refractivity contribution in [1.29, 1.82) is 0 Å². The standard InChI is InChI=1S/C33H51NO4SSi/c1-24(15-14-16-25(2)22-37-40(9,10)33(5,6)7)19-20-30(26(3)21-29-23-39-27(4)34-29)38-32(35)31(36-8)28-17-12-11-13-18-28/h11-13,17-19,21,23,25,30-31H,14-16,20,22H2,1-10H3/b24-19+,26-21+. The molecule has 0 aliphatic heterocycles. The predicted octanol–water partition coefficient (Wildman–Crippen LogP) is 9.32. The van der Waals surface area contributed by atoms with Crippen LogP contribution in [0.2, 0.25) is 18.1 Å². The Labute approximate surface area is 248 Å². The lowest BCUT2D eigenvalue weighted by Gasteiger charge is -2.37. The maximum Gasteiger partial charge on any atom is 0.340 e. The lowest BCUT2D eigenvalue weighted by Crippen LogP contribution is -2.41. The average molecular weight is 586 g/mol. The normalized spacial score (nSPS) is 15.6. The van der Waals surface area contributed by atoms with E-state index in [1.54, 1.807) is 11.3 Å². The van der Waals surface area contributed by atoms with Gasteiger partial charge in [-0.25, -0.2) is 9.78 Å². The van der Waals surface area contributed by atoms with Crippen molar-refractivity contribution in [3.8, 4) is 0 Å². The molecule has 0 fully saturated rings. The number of hydrogen-bond acceptors (Lipinski definition) is 6. The van der Waals surface area contributed by atoms with E-state index in [1.165, 1.54) is 12.7 Å². The molecule has 1 aromatic heterocycles. The highest BCUT2D eigenvalue weighted by Crippen LogP contribution is 2.37. The van der Waals surface area contributed by atoms with Crippen LogP contribution in [0, 0.1) is 12.8 Å². The number of aryl methyl sites for hydroxylation is 1. The van der Waals surface area contributed by atoms with Crippen LogP contribution in [0.1, 0.15) is 89.6 Å². The van der Waals surface area contributed by atoms with E-state index in [0.29, 0.717) is 12.3 Å². The van der Waals surface area contributed by atoms with Gasteiger partial charge in [0.2, 0.25) is 0 Å². The Bertz CT molecular complexity index is 1120. The highest BCUT2D eigenvalue weighted by atomic mass is 32.1. The van der Waals surface area contributed by atoms with Crippen molar-refractivity contribution in [1.82, 2.24) is 4.98 Å². The minimum absolute atomic E-state index is 0.237. The van der Waals surface area contributed by atoms with Crippen LogP contribution in [-0.2, 0) is 18.7 Å². The van der Waals surface area contributed by atoms with E-state index in [9.17, 15) is 4.79 Å². The number of ether oxygens (including phenoxy) is 2. The molecule has 0 radical (unpaired) electrons. The molecule has 0 saturated heterocycles. The summed E-state index contributed by atoms with van der Waals surface area (Å²) < 4.78 is 18.0. The highest BCUT2D eigenvalue weighted by Gasteiger charge is 2.37. The Morgan fingerprint density at radius 2 is 1.82 bits per heavy atom. The van der Waals surface area contributed by atoms with Crippen LogP contribution in [0.5, 0.6) is 0 Å². The summed E-state index contributed by atoms with van der Waals surface area (Å²) in [6, 6.07) is 9.48. The topological polar surface area (TPSA) is 57.7 Å². The fourth-order valence-corrected chi connectivity index (χ4v) is 5.79. The predicted molar refractivity (Wildman–Crippen MR) is 171 cm³/mol. The fourth-order valence-electron chi connectivity index (χ4n) is 4.09. The third kappa shape index (κ3) is 11.1. The fraction of sp³-hybridized carbons (Fsp3) is 0.576. The van der Waals surface area contributed by atoms with Gasteiger partial charge in [-0.05, 0) is 81.3 Å². The summed E-state index contributed by atoms with van der Waals surface area (Å²) in [5, 5.41) is 3.27. The summed E-state index contributed by atoms with van der Waals surface area (Å²) in [6.45, 7) is 20.8. The Hall–Kier alpha value is -2.06. The van der Waals surface area contributed by atoms with E-state index in [1.807, 2.05) is 55.6 Å². The lowest BCUT2D eigenvalue weighted by atomic mass is 10.00. The molecule has 0 aliphatic rings. The summed E-state index contributed by atoms with van der Waals surface area (Å²) in [5.41, 5.74) is 3.94. The van der Waals surface area contributed by atoms with Gasteiger partial charge in [-0.2, -0.15) is 0 Å². The number of nitrogens with zero attached hydrogens (tertiary/aromatic N) is 1. The van der Waals surface area contributed by atoms with Crippen molar-refractivity contribution in [3.05, 3.63) is 69.2 Å². The minimum Gasteiger partial charge on any atom is -0.455 e. The van der Waals surface area contributed by atoms with E-state index >= 15 is 0 Å². The highest BCUT2D eigenvalue weighted by molar-refractivity contribution is 7.09. The molecule has 0 spiro atoms. The molecule has 3 unspecified atom stereocenters. The van der Waals surface area contributed by atoms with Crippen LogP contribution in [-0.4, -0.2) is 39.1 Å². The van der Waals surface area contributed by atoms with Crippen molar-refractivity contribution in [2.75, 3.05) is 13.7 Å². The van der Waals surface area contributed by atoms with Gasteiger partial charge in [0.15, 0.2) is 14.4 Å². The van der Waals surface area contributed by atoms with Gasteiger partial charge in [0, 0.05) is 25.5 Å². The van der Waals surface area contributed by atoms with Gasteiger partial charge in [0.05, 0.1) is 10.7 Å². The first-order chi connectivity index (χ1) is 18.7. The molecule has 3 atom stereocenters. The summed E-state index contributed by atoms with van der Waals surface area (Å²) in [7, 11) is -0.170. The molecular formula is C33H51NO4SSi. The summed E-state index contributed by atoms with van der Waals surface area (Å²) >= 11 is 1.61. The quantitative estimate of drug-likeness (QED) is 0.118. The van der Waals surface area contributed by atoms with E-state index in [-0.39, 0.29) is 11.0 Å². The van der Waals surface area contributed by atoms with Crippen molar-refractivity contribution in [2.24, 2.45) is 5.92 Å². The number of esters is 1. The smallest absolute Gasteiger partial charge is 0.340 e. The Kier molecular flexibility index (Phi) is 13.5. The Balaban J connectivity index is 2.03. The molecule has 2 rings (SSSR count). The zero-order chi connectivity index (χ0) is 29.9. The van der Waals surface area contributed by atoms with Gasteiger partial charge >= 0.3 is 5.97 Å². The average Bonchev–Trinajstić information content (AvgIpc) is 3.29. The number of hydrogen-bond donors (Lipinski definition) is 0. The Morgan fingerprint density at radius 1 is 1.15 bits per heavy atom. The van der Waals surface area contributed by atoms with Crippen LogP contribution in [0.4, 0.5) is 0 Å². The zero-order valence-corrected chi connectivity index (χ0v) is 28.2. The number of carbonyl (C=O) groups excluding carboxylic acids is 1.